The van der Waals surface area contributed by atoms with Gasteiger partial charge in [-0.05, 0) is 18.7 Å². The van der Waals surface area contributed by atoms with Crippen molar-refractivity contribution in [3.63, 3.8) is 0 Å². The maximum Gasteiger partial charge on any atom is 0.0762 e. The SMILES string of the molecule is O=[PH]1CCC1. The molecule has 1 fully saturated rings. The van der Waals surface area contributed by atoms with Crippen LogP contribution in [0.5, 0.6) is 0 Å². The van der Waals surface area contributed by atoms with E-state index in [-0.39, 0.29) is 0 Å². The molecule has 0 unspecified atom stereocenters. The highest BCUT2D eigenvalue weighted by Gasteiger charge is 2.07. The second-order valence-corrected chi connectivity index (χ2v) is 3.47. The quantitative estimate of drug-likeness (QED) is 0.405. The van der Waals surface area contributed by atoms with Crippen LogP contribution in [0.15, 0.2) is 0 Å². The van der Waals surface area contributed by atoms with E-state index >= 15 is 0 Å². The summed E-state index contributed by atoms with van der Waals surface area (Å²) in [4.78, 5) is 0. The fourth-order valence-electron chi connectivity index (χ4n) is 0.321. The minimum atomic E-state index is -0.943. The van der Waals surface area contributed by atoms with Gasteiger partial charge in [0.05, 0.1) is 7.80 Å². The van der Waals surface area contributed by atoms with Gasteiger partial charge in [0.1, 0.15) is 0 Å². The van der Waals surface area contributed by atoms with Crippen LogP contribution in [0.3, 0.4) is 0 Å². The zero-order valence-corrected chi connectivity index (χ0v) is 4.03. The summed E-state index contributed by atoms with van der Waals surface area (Å²) in [7, 11) is -0.943. The second kappa shape index (κ2) is 1.14. The molecule has 0 spiro atoms. The van der Waals surface area contributed by atoms with Crippen LogP contribution >= 0.6 is 7.80 Å². The molecule has 1 heterocycles. The number of rotatable bonds is 0. The lowest BCUT2D eigenvalue weighted by Gasteiger charge is -2.07. The van der Waals surface area contributed by atoms with Gasteiger partial charge in [0, 0.05) is 0 Å². The smallest absolute Gasteiger partial charge is 0.0762 e. The van der Waals surface area contributed by atoms with Crippen LogP contribution in [-0.4, -0.2) is 12.3 Å². The average Bonchev–Trinajstić information content (AvgIpc) is 1.30. The summed E-state index contributed by atoms with van der Waals surface area (Å²) in [6.45, 7) is 0. The molecule has 0 saturated carbocycles. The molecule has 0 radical (unpaired) electrons. The van der Waals surface area contributed by atoms with Crippen molar-refractivity contribution < 1.29 is 4.57 Å². The monoisotopic (exact) mass is 90.0 g/mol. The van der Waals surface area contributed by atoms with E-state index in [0.29, 0.717) is 0 Å². The molecule has 0 aromatic carbocycles. The van der Waals surface area contributed by atoms with Crippen molar-refractivity contribution in [3.05, 3.63) is 0 Å². The topological polar surface area (TPSA) is 17.1 Å². The molecular weight excluding hydrogens is 83.0 g/mol. The average molecular weight is 90.1 g/mol. The van der Waals surface area contributed by atoms with Crippen molar-refractivity contribution in [1.82, 2.24) is 0 Å². The maximum atomic E-state index is 10.1. The molecule has 0 amide bonds. The van der Waals surface area contributed by atoms with Gasteiger partial charge in [-0.2, -0.15) is 0 Å². The highest BCUT2D eigenvalue weighted by atomic mass is 31.1. The molecule has 0 aromatic rings. The normalized spacial score (nSPS) is 25.6. The van der Waals surface area contributed by atoms with Gasteiger partial charge in [0.2, 0.25) is 0 Å². The third kappa shape index (κ3) is 0.542. The predicted molar refractivity (Wildman–Crippen MR) is 23.4 cm³/mol. The van der Waals surface area contributed by atoms with Gasteiger partial charge >= 0.3 is 0 Å². The Morgan fingerprint density at radius 3 is 1.80 bits per heavy atom. The van der Waals surface area contributed by atoms with E-state index in [1.165, 1.54) is 6.42 Å². The summed E-state index contributed by atoms with van der Waals surface area (Å²) in [5, 5.41) is 0. The minimum Gasteiger partial charge on any atom is -0.327 e. The van der Waals surface area contributed by atoms with E-state index in [1.807, 2.05) is 0 Å². The van der Waals surface area contributed by atoms with Gasteiger partial charge in [-0.15, -0.1) is 0 Å². The van der Waals surface area contributed by atoms with Gasteiger partial charge in [0.15, 0.2) is 0 Å². The zero-order chi connectivity index (χ0) is 3.70. The molecular formula is C3H7OP. The lowest BCUT2D eigenvalue weighted by Crippen LogP contribution is -1.95. The Labute approximate surface area is 32.2 Å². The van der Waals surface area contributed by atoms with Crippen molar-refractivity contribution >= 4 is 7.80 Å². The van der Waals surface area contributed by atoms with Crippen molar-refractivity contribution in [2.75, 3.05) is 12.3 Å². The highest BCUT2D eigenvalue weighted by molar-refractivity contribution is 7.46. The van der Waals surface area contributed by atoms with Crippen molar-refractivity contribution in [2.45, 2.75) is 6.42 Å². The molecule has 1 aliphatic rings. The van der Waals surface area contributed by atoms with Gasteiger partial charge in [-0.25, -0.2) is 0 Å². The molecule has 1 rings (SSSR count). The van der Waals surface area contributed by atoms with Crippen LogP contribution in [0, 0.1) is 0 Å². The molecule has 1 saturated heterocycles. The molecule has 1 aliphatic heterocycles. The summed E-state index contributed by atoms with van der Waals surface area (Å²) in [6, 6.07) is 0. The van der Waals surface area contributed by atoms with Crippen LogP contribution in [0.4, 0.5) is 0 Å². The Morgan fingerprint density at radius 1 is 1.40 bits per heavy atom. The van der Waals surface area contributed by atoms with Crippen molar-refractivity contribution in [3.8, 4) is 0 Å². The summed E-state index contributed by atoms with van der Waals surface area (Å²) in [5.41, 5.74) is 0. The first kappa shape index (κ1) is 3.42. The van der Waals surface area contributed by atoms with E-state index in [4.69, 9.17) is 0 Å². The van der Waals surface area contributed by atoms with Crippen molar-refractivity contribution in [1.29, 1.82) is 0 Å². The lowest BCUT2D eigenvalue weighted by atomic mass is 10.5. The Hall–Kier alpha value is 0.230. The Bertz CT molecular complexity index is 53.9. The first-order valence-electron chi connectivity index (χ1n) is 1.91. The molecule has 0 bridgehead atoms. The predicted octanol–water partition coefficient (Wildman–Crippen LogP) is 0.950. The van der Waals surface area contributed by atoms with Gasteiger partial charge in [-0.3, -0.25) is 0 Å². The maximum absolute atomic E-state index is 10.1. The molecule has 0 atom stereocenters. The van der Waals surface area contributed by atoms with Crippen LogP contribution in [0.2, 0.25) is 0 Å². The fourth-order valence-corrected chi connectivity index (χ4v) is 0.963. The van der Waals surface area contributed by atoms with E-state index in [9.17, 15) is 4.57 Å². The molecule has 30 valence electrons. The Morgan fingerprint density at radius 2 is 1.80 bits per heavy atom. The highest BCUT2D eigenvalue weighted by Crippen LogP contribution is 2.32. The molecule has 0 aliphatic carbocycles. The van der Waals surface area contributed by atoms with E-state index in [0.717, 1.165) is 12.3 Å². The van der Waals surface area contributed by atoms with Crippen LogP contribution in [0.25, 0.3) is 0 Å². The fraction of sp³-hybridized carbons (Fsp3) is 1.00. The molecule has 0 N–H and O–H groups in total. The lowest BCUT2D eigenvalue weighted by molar-refractivity contribution is 0.578. The van der Waals surface area contributed by atoms with E-state index in [2.05, 4.69) is 0 Å². The van der Waals surface area contributed by atoms with E-state index in [1.54, 1.807) is 0 Å². The van der Waals surface area contributed by atoms with Crippen LogP contribution in [-0.2, 0) is 4.57 Å². The van der Waals surface area contributed by atoms with Crippen molar-refractivity contribution in [2.24, 2.45) is 0 Å². The minimum absolute atomic E-state index is 0.943. The first-order valence-corrected chi connectivity index (χ1v) is 3.73. The van der Waals surface area contributed by atoms with E-state index < -0.39 is 7.80 Å². The molecule has 0 aromatic heterocycles. The summed E-state index contributed by atoms with van der Waals surface area (Å²) in [5.74, 6) is 0. The number of hydrogen-bond donors (Lipinski definition) is 0. The Kier molecular flexibility index (Phi) is 0.778. The summed E-state index contributed by atoms with van der Waals surface area (Å²) in [6.07, 6.45) is 3.28. The molecule has 1 nitrogen and oxygen atoms in total. The third-order valence-electron chi connectivity index (χ3n) is 0.911. The van der Waals surface area contributed by atoms with Crippen LogP contribution in [0.1, 0.15) is 6.42 Å². The standard InChI is InChI=1S/C3H7OP/c4-5-2-1-3-5/h5H,1-3H2. The third-order valence-corrected chi connectivity index (χ3v) is 2.73. The molecule has 2 heteroatoms. The largest absolute Gasteiger partial charge is 0.327 e. The van der Waals surface area contributed by atoms with Crippen LogP contribution < -0.4 is 0 Å². The number of hydrogen-bond acceptors (Lipinski definition) is 1. The van der Waals surface area contributed by atoms with Gasteiger partial charge in [0.25, 0.3) is 0 Å². The molecule has 5 heavy (non-hydrogen) atoms. The summed E-state index contributed by atoms with van der Waals surface area (Å²) < 4.78 is 10.1. The van der Waals surface area contributed by atoms with Gasteiger partial charge in [-0.1, -0.05) is 0 Å². The Balaban J connectivity index is 2.32. The summed E-state index contributed by atoms with van der Waals surface area (Å²) >= 11 is 0. The zero-order valence-electron chi connectivity index (χ0n) is 3.03. The van der Waals surface area contributed by atoms with Gasteiger partial charge < -0.3 is 4.57 Å². The second-order valence-electron chi connectivity index (χ2n) is 1.39. The first-order chi connectivity index (χ1) is 2.39.